The van der Waals surface area contributed by atoms with Crippen molar-refractivity contribution in [3.05, 3.63) is 86.6 Å². The maximum absolute atomic E-state index is 11.0. The van der Waals surface area contributed by atoms with E-state index in [0.717, 1.165) is 11.1 Å². The first-order valence-corrected chi connectivity index (χ1v) is 8.08. The van der Waals surface area contributed by atoms with E-state index in [4.69, 9.17) is 16.0 Å². The van der Waals surface area contributed by atoms with E-state index in [1.54, 1.807) is 24.3 Å². The molecule has 0 aliphatic heterocycles. The number of nitro benzene ring substituents is 1. The van der Waals surface area contributed by atoms with Gasteiger partial charge in [-0.05, 0) is 42.8 Å². The van der Waals surface area contributed by atoms with Gasteiger partial charge < -0.3 is 4.42 Å². The number of allylic oxidation sites excluding steroid dienone is 1. The molecule has 5 nitrogen and oxygen atoms in total. The summed E-state index contributed by atoms with van der Waals surface area (Å²) < 4.78 is 5.73. The Morgan fingerprint density at radius 3 is 2.58 bits per heavy atom. The van der Waals surface area contributed by atoms with Gasteiger partial charge in [0, 0.05) is 11.6 Å². The number of nitro groups is 1. The Hall–Kier alpha value is -3.36. The molecule has 0 atom stereocenters. The standard InChI is InChI=1S/C20H13ClN2O3/c1-13-2-4-14(5-3-13)16(12-22)10-17-7-9-20(26-17)15-6-8-18(21)19(11-15)23(24)25/h2-11H,1H3/b16-10+. The Labute approximate surface area is 154 Å². The average molecular weight is 365 g/mol. The summed E-state index contributed by atoms with van der Waals surface area (Å²) in [4.78, 5) is 10.5. The number of rotatable bonds is 4. The summed E-state index contributed by atoms with van der Waals surface area (Å²) >= 11 is 5.83. The summed E-state index contributed by atoms with van der Waals surface area (Å²) in [6.45, 7) is 1.98. The number of nitriles is 1. The zero-order chi connectivity index (χ0) is 18.7. The van der Waals surface area contributed by atoms with Crippen molar-refractivity contribution in [1.82, 2.24) is 0 Å². The van der Waals surface area contributed by atoms with Crippen molar-refractivity contribution in [3.8, 4) is 17.4 Å². The molecular weight excluding hydrogens is 352 g/mol. The lowest BCUT2D eigenvalue weighted by atomic mass is 10.0. The molecule has 2 aromatic carbocycles. The van der Waals surface area contributed by atoms with Gasteiger partial charge in [-0.15, -0.1) is 0 Å². The smallest absolute Gasteiger partial charge is 0.288 e. The highest BCUT2D eigenvalue weighted by Gasteiger charge is 2.15. The first kappa shape index (κ1) is 17.5. The van der Waals surface area contributed by atoms with Crippen LogP contribution in [0.5, 0.6) is 0 Å². The molecule has 6 heteroatoms. The second-order valence-electron chi connectivity index (χ2n) is 5.66. The van der Waals surface area contributed by atoms with Gasteiger partial charge in [-0.3, -0.25) is 10.1 Å². The lowest BCUT2D eigenvalue weighted by Gasteiger charge is -2.00. The van der Waals surface area contributed by atoms with E-state index in [-0.39, 0.29) is 10.7 Å². The lowest BCUT2D eigenvalue weighted by molar-refractivity contribution is -0.384. The van der Waals surface area contributed by atoms with E-state index in [2.05, 4.69) is 6.07 Å². The molecule has 128 valence electrons. The van der Waals surface area contributed by atoms with Crippen molar-refractivity contribution in [1.29, 1.82) is 5.26 Å². The van der Waals surface area contributed by atoms with Gasteiger partial charge in [0.1, 0.15) is 16.5 Å². The van der Waals surface area contributed by atoms with Crippen LogP contribution in [0.1, 0.15) is 16.9 Å². The largest absolute Gasteiger partial charge is 0.457 e. The van der Waals surface area contributed by atoms with E-state index in [1.165, 1.54) is 12.1 Å². The Kier molecular flexibility index (Phi) is 4.87. The predicted molar refractivity (Wildman–Crippen MR) is 100 cm³/mol. The summed E-state index contributed by atoms with van der Waals surface area (Å²) in [6.07, 6.45) is 1.64. The Morgan fingerprint density at radius 2 is 1.92 bits per heavy atom. The average Bonchev–Trinajstić information content (AvgIpc) is 3.09. The number of benzene rings is 2. The summed E-state index contributed by atoms with van der Waals surface area (Å²) in [6, 6.07) is 17.6. The van der Waals surface area contributed by atoms with Crippen LogP contribution in [-0.2, 0) is 0 Å². The van der Waals surface area contributed by atoms with E-state index in [1.807, 2.05) is 31.2 Å². The summed E-state index contributed by atoms with van der Waals surface area (Å²) in [7, 11) is 0. The minimum absolute atomic E-state index is 0.0663. The highest BCUT2D eigenvalue weighted by atomic mass is 35.5. The first-order chi connectivity index (χ1) is 12.5. The molecule has 3 aromatic rings. The van der Waals surface area contributed by atoms with Crippen LogP contribution in [0.15, 0.2) is 59.0 Å². The SMILES string of the molecule is Cc1ccc(/C(C#N)=C/c2ccc(-c3ccc(Cl)c([N+](=O)[O-])c3)o2)cc1. The van der Waals surface area contributed by atoms with E-state index >= 15 is 0 Å². The number of aryl methyl sites for hydroxylation is 1. The summed E-state index contributed by atoms with van der Waals surface area (Å²) in [5.74, 6) is 0.937. The minimum Gasteiger partial charge on any atom is -0.457 e. The maximum Gasteiger partial charge on any atom is 0.288 e. The van der Waals surface area contributed by atoms with E-state index < -0.39 is 4.92 Å². The number of nitrogens with zero attached hydrogens (tertiary/aromatic N) is 2. The normalized spacial score (nSPS) is 11.2. The molecule has 3 rings (SSSR count). The fourth-order valence-corrected chi connectivity index (χ4v) is 2.63. The number of furan rings is 1. The molecule has 26 heavy (non-hydrogen) atoms. The van der Waals surface area contributed by atoms with Crippen molar-refractivity contribution < 1.29 is 9.34 Å². The fraction of sp³-hybridized carbons (Fsp3) is 0.0500. The molecule has 1 aromatic heterocycles. The van der Waals surface area contributed by atoms with Gasteiger partial charge in [0.25, 0.3) is 5.69 Å². The molecule has 1 heterocycles. The van der Waals surface area contributed by atoms with Crippen LogP contribution in [0.2, 0.25) is 5.02 Å². The Balaban J connectivity index is 1.95. The quantitative estimate of drug-likeness (QED) is 0.329. The first-order valence-electron chi connectivity index (χ1n) is 7.71. The molecule has 0 aliphatic rings. The third kappa shape index (κ3) is 3.66. The Morgan fingerprint density at radius 1 is 1.19 bits per heavy atom. The molecule has 0 bridgehead atoms. The zero-order valence-electron chi connectivity index (χ0n) is 13.8. The third-order valence-electron chi connectivity index (χ3n) is 3.82. The molecular formula is C20H13ClN2O3. The second kappa shape index (κ2) is 7.26. The number of hydrogen-bond acceptors (Lipinski definition) is 4. The van der Waals surface area contributed by atoms with Gasteiger partial charge in [0.2, 0.25) is 0 Å². The van der Waals surface area contributed by atoms with Crippen LogP contribution in [-0.4, -0.2) is 4.92 Å². The monoisotopic (exact) mass is 364 g/mol. The fourth-order valence-electron chi connectivity index (χ4n) is 2.45. The van der Waals surface area contributed by atoms with Gasteiger partial charge in [-0.2, -0.15) is 5.26 Å². The Bertz CT molecular complexity index is 1040. The highest BCUT2D eigenvalue weighted by molar-refractivity contribution is 6.32. The molecule has 0 fully saturated rings. The van der Waals surface area contributed by atoms with Crippen molar-refractivity contribution >= 4 is 28.9 Å². The maximum atomic E-state index is 11.0. The van der Waals surface area contributed by atoms with Crippen molar-refractivity contribution in [2.45, 2.75) is 6.92 Å². The summed E-state index contributed by atoms with van der Waals surface area (Å²) in [5.41, 5.74) is 2.71. The lowest BCUT2D eigenvalue weighted by Crippen LogP contribution is -1.89. The van der Waals surface area contributed by atoms with Crippen LogP contribution in [0, 0.1) is 28.4 Å². The van der Waals surface area contributed by atoms with Gasteiger partial charge in [-0.1, -0.05) is 41.4 Å². The van der Waals surface area contributed by atoms with Crippen LogP contribution >= 0.6 is 11.6 Å². The van der Waals surface area contributed by atoms with Crippen LogP contribution in [0.25, 0.3) is 23.0 Å². The molecule has 0 saturated carbocycles. The van der Waals surface area contributed by atoms with Crippen LogP contribution in [0.4, 0.5) is 5.69 Å². The molecule has 0 aliphatic carbocycles. The molecule has 0 radical (unpaired) electrons. The molecule has 0 unspecified atom stereocenters. The van der Waals surface area contributed by atoms with E-state index in [9.17, 15) is 15.4 Å². The van der Waals surface area contributed by atoms with Gasteiger partial charge in [0.05, 0.1) is 16.6 Å². The minimum atomic E-state index is -0.541. The van der Waals surface area contributed by atoms with Crippen molar-refractivity contribution in [3.63, 3.8) is 0 Å². The second-order valence-corrected chi connectivity index (χ2v) is 6.07. The summed E-state index contributed by atoms with van der Waals surface area (Å²) in [5, 5.41) is 20.5. The predicted octanol–water partition coefficient (Wildman–Crippen LogP) is 5.88. The third-order valence-corrected chi connectivity index (χ3v) is 4.14. The molecule has 0 N–H and O–H groups in total. The topological polar surface area (TPSA) is 80.1 Å². The van der Waals surface area contributed by atoms with Gasteiger partial charge >= 0.3 is 0 Å². The van der Waals surface area contributed by atoms with Crippen LogP contribution in [0.3, 0.4) is 0 Å². The molecule has 0 spiro atoms. The zero-order valence-corrected chi connectivity index (χ0v) is 14.5. The van der Waals surface area contributed by atoms with Crippen LogP contribution < -0.4 is 0 Å². The number of hydrogen-bond donors (Lipinski definition) is 0. The van der Waals surface area contributed by atoms with Crippen molar-refractivity contribution in [2.75, 3.05) is 0 Å². The van der Waals surface area contributed by atoms with E-state index in [0.29, 0.717) is 22.7 Å². The number of halogens is 1. The molecule has 0 amide bonds. The van der Waals surface area contributed by atoms with Gasteiger partial charge in [0.15, 0.2) is 0 Å². The molecule has 0 saturated heterocycles. The van der Waals surface area contributed by atoms with Gasteiger partial charge in [-0.25, -0.2) is 0 Å². The van der Waals surface area contributed by atoms with Crippen molar-refractivity contribution in [2.24, 2.45) is 0 Å². The highest BCUT2D eigenvalue weighted by Crippen LogP contribution is 2.32.